The minimum absolute atomic E-state index is 0.230. The van der Waals surface area contributed by atoms with Gasteiger partial charge in [-0.25, -0.2) is 9.37 Å². The van der Waals surface area contributed by atoms with E-state index in [1.54, 1.807) is 24.2 Å². The van der Waals surface area contributed by atoms with Gasteiger partial charge < -0.3 is 19.1 Å². The summed E-state index contributed by atoms with van der Waals surface area (Å²) < 4.78 is 21.2. The lowest BCUT2D eigenvalue weighted by Crippen LogP contribution is -2.36. The van der Waals surface area contributed by atoms with Gasteiger partial charge in [0.25, 0.3) is 5.91 Å². The number of imidazole rings is 1. The zero-order chi connectivity index (χ0) is 17.1. The Morgan fingerprint density at radius 3 is 2.75 bits per heavy atom. The fraction of sp³-hybridized carbons (Fsp3) is 0.412. The van der Waals surface area contributed by atoms with Crippen LogP contribution in [0.2, 0.25) is 0 Å². The van der Waals surface area contributed by atoms with Crippen LogP contribution in [0.1, 0.15) is 16.2 Å². The van der Waals surface area contributed by atoms with Crippen LogP contribution in [0, 0.1) is 5.82 Å². The molecule has 0 spiro atoms. The van der Waals surface area contributed by atoms with Crippen molar-refractivity contribution in [2.45, 2.75) is 6.54 Å². The molecule has 0 atom stereocenters. The molecule has 1 aromatic carbocycles. The van der Waals surface area contributed by atoms with Crippen molar-refractivity contribution in [3.05, 3.63) is 47.8 Å². The van der Waals surface area contributed by atoms with E-state index in [0.717, 1.165) is 5.82 Å². The number of hydrogen-bond acceptors (Lipinski definition) is 4. The number of anilines is 1. The van der Waals surface area contributed by atoms with Gasteiger partial charge >= 0.3 is 0 Å². The number of amides is 1. The van der Waals surface area contributed by atoms with Crippen molar-refractivity contribution >= 4 is 11.6 Å². The van der Waals surface area contributed by atoms with Crippen LogP contribution < -0.4 is 4.90 Å². The molecule has 7 heteroatoms. The molecule has 1 aliphatic rings. The Kier molecular flexibility index (Phi) is 4.80. The van der Waals surface area contributed by atoms with Gasteiger partial charge in [0.15, 0.2) is 0 Å². The molecule has 0 bridgehead atoms. The van der Waals surface area contributed by atoms with Gasteiger partial charge in [-0.2, -0.15) is 0 Å². The molecule has 6 nitrogen and oxygen atoms in total. The van der Waals surface area contributed by atoms with Crippen LogP contribution in [0.15, 0.2) is 30.6 Å². The van der Waals surface area contributed by atoms with Crippen LogP contribution in [0.5, 0.6) is 0 Å². The van der Waals surface area contributed by atoms with Crippen molar-refractivity contribution in [3.63, 3.8) is 0 Å². The number of halogens is 1. The number of carbonyl (C=O) groups is 1. The third-order valence-electron chi connectivity index (χ3n) is 4.15. The lowest BCUT2D eigenvalue weighted by molar-refractivity contribution is 0.0780. The molecule has 2 aromatic rings. The van der Waals surface area contributed by atoms with E-state index >= 15 is 0 Å². The molecule has 1 saturated heterocycles. The fourth-order valence-electron chi connectivity index (χ4n) is 2.75. The third kappa shape index (κ3) is 3.56. The summed E-state index contributed by atoms with van der Waals surface area (Å²) in [4.78, 5) is 20.4. The van der Waals surface area contributed by atoms with Crippen molar-refractivity contribution in [1.29, 1.82) is 0 Å². The SMILES string of the molecule is CN(Cc1nccn1C)C(=O)c1cc(F)cc(N2CCOCC2)c1. The minimum atomic E-state index is -0.410. The molecular weight excluding hydrogens is 311 g/mol. The van der Waals surface area contributed by atoms with E-state index in [1.165, 1.54) is 12.1 Å². The molecular formula is C17H21FN4O2. The van der Waals surface area contributed by atoms with E-state index in [2.05, 4.69) is 4.98 Å². The van der Waals surface area contributed by atoms with Crippen LogP contribution in [0.4, 0.5) is 10.1 Å². The first kappa shape index (κ1) is 16.4. The Labute approximate surface area is 140 Å². The summed E-state index contributed by atoms with van der Waals surface area (Å²) >= 11 is 0. The van der Waals surface area contributed by atoms with Crippen LogP contribution in [-0.2, 0) is 18.3 Å². The maximum absolute atomic E-state index is 14.0. The van der Waals surface area contributed by atoms with Crippen LogP contribution in [0.3, 0.4) is 0 Å². The molecule has 0 radical (unpaired) electrons. The second-order valence-corrected chi connectivity index (χ2v) is 5.91. The highest BCUT2D eigenvalue weighted by Crippen LogP contribution is 2.21. The Hall–Kier alpha value is -2.41. The summed E-state index contributed by atoms with van der Waals surface area (Å²) in [6, 6.07) is 4.48. The lowest BCUT2D eigenvalue weighted by atomic mass is 10.1. The topological polar surface area (TPSA) is 50.6 Å². The molecule has 128 valence electrons. The number of ether oxygens (including phenoxy) is 1. The quantitative estimate of drug-likeness (QED) is 0.855. The smallest absolute Gasteiger partial charge is 0.254 e. The zero-order valence-corrected chi connectivity index (χ0v) is 13.9. The van der Waals surface area contributed by atoms with Crippen molar-refractivity contribution in [1.82, 2.24) is 14.5 Å². The molecule has 1 fully saturated rings. The Morgan fingerprint density at radius 1 is 1.33 bits per heavy atom. The number of hydrogen-bond donors (Lipinski definition) is 0. The molecule has 1 aliphatic heterocycles. The second kappa shape index (κ2) is 7.00. The summed E-state index contributed by atoms with van der Waals surface area (Å²) in [7, 11) is 3.57. The third-order valence-corrected chi connectivity index (χ3v) is 4.15. The van der Waals surface area contributed by atoms with Crippen molar-refractivity contribution in [2.24, 2.45) is 7.05 Å². The molecule has 0 N–H and O–H groups in total. The number of nitrogens with zero attached hydrogens (tertiary/aromatic N) is 4. The predicted octanol–water partition coefficient (Wildman–Crippen LogP) is 1.67. The summed E-state index contributed by atoms with van der Waals surface area (Å²) in [6.45, 7) is 2.98. The van der Waals surface area contributed by atoms with E-state index in [0.29, 0.717) is 44.1 Å². The second-order valence-electron chi connectivity index (χ2n) is 5.91. The number of carbonyl (C=O) groups excluding carboxylic acids is 1. The highest BCUT2D eigenvalue weighted by molar-refractivity contribution is 5.95. The van der Waals surface area contributed by atoms with Crippen LogP contribution in [0.25, 0.3) is 0 Å². The number of aromatic nitrogens is 2. The molecule has 0 aliphatic carbocycles. The highest BCUT2D eigenvalue weighted by Gasteiger charge is 2.18. The summed E-state index contributed by atoms with van der Waals surface area (Å²) in [5.41, 5.74) is 1.06. The summed E-state index contributed by atoms with van der Waals surface area (Å²) in [6.07, 6.45) is 3.51. The van der Waals surface area contributed by atoms with E-state index in [-0.39, 0.29) is 5.91 Å². The molecule has 0 unspecified atom stereocenters. The first-order valence-electron chi connectivity index (χ1n) is 7.89. The molecule has 24 heavy (non-hydrogen) atoms. The molecule has 1 aromatic heterocycles. The first-order chi connectivity index (χ1) is 11.5. The van der Waals surface area contributed by atoms with Crippen LogP contribution >= 0.6 is 0 Å². The largest absolute Gasteiger partial charge is 0.378 e. The predicted molar refractivity (Wildman–Crippen MR) is 88.4 cm³/mol. The minimum Gasteiger partial charge on any atom is -0.378 e. The van der Waals surface area contributed by atoms with E-state index in [9.17, 15) is 9.18 Å². The summed E-state index contributed by atoms with van der Waals surface area (Å²) in [5, 5.41) is 0. The van der Waals surface area contributed by atoms with Gasteiger partial charge in [0.1, 0.15) is 11.6 Å². The number of aryl methyl sites for hydroxylation is 1. The van der Waals surface area contributed by atoms with Gasteiger partial charge in [-0.05, 0) is 18.2 Å². The Morgan fingerprint density at radius 2 is 2.08 bits per heavy atom. The van der Waals surface area contributed by atoms with Crippen molar-refractivity contribution in [2.75, 3.05) is 38.3 Å². The van der Waals surface area contributed by atoms with Gasteiger partial charge in [0.05, 0.1) is 19.8 Å². The molecule has 3 rings (SSSR count). The lowest BCUT2D eigenvalue weighted by Gasteiger charge is -2.29. The van der Waals surface area contributed by atoms with E-state index in [1.807, 2.05) is 22.7 Å². The van der Waals surface area contributed by atoms with Gasteiger partial charge in [0, 0.05) is 50.8 Å². The maximum Gasteiger partial charge on any atom is 0.254 e. The average Bonchev–Trinajstić information content (AvgIpc) is 2.99. The van der Waals surface area contributed by atoms with Gasteiger partial charge in [-0.1, -0.05) is 0 Å². The molecule has 0 saturated carbocycles. The number of benzene rings is 1. The van der Waals surface area contributed by atoms with E-state index < -0.39 is 5.82 Å². The maximum atomic E-state index is 14.0. The molecule has 1 amide bonds. The van der Waals surface area contributed by atoms with Crippen molar-refractivity contribution in [3.8, 4) is 0 Å². The average molecular weight is 332 g/mol. The van der Waals surface area contributed by atoms with Crippen molar-refractivity contribution < 1.29 is 13.9 Å². The van der Waals surface area contributed by atoms with Gasteiger partial charge in [-0.3, -0.25) is 4.79 Å². The highest BCUT2D eigenvalue weighted by atomic mass is 19.1. The Bertz CT molecular complexity index is 725. The zero-order valence-electron chi connectivity index (χ0n) is 13.9. The fourth-order valence-corrected chi connectivity index (χ4v) is 2.75. The van der Waals surface area contributed by atoms with Gasteiger partial charge in [-0.15, -0.1) is 0 Å². The summed E-state index contributed by atoms with van der Waals surface area (Å²) in [5.74, 6) is 0.135. The number of morpholine rings is 1. The monoisotopic (exact) mass is 332 g/mol. The number of rotatable bonds is 4. The normalized spacial score (nSPS) is 14.7. The van der Waals surface area contributed by atoms with Gasteiger partial charge in [0.2, 0.25) is 0 Å². The van der Waals surface area contributed by atoms with E-state index in [4.69, 9.17) is 4.74 Å². The first-order valence-corrected chi connectivity index (χ1v) is 7.89. The Balaban J connectivity index is 1.78. The molecule has 2 heterocycles. The van der Waals surface area contributed by atoms with Crippen LogP contribution in [-0.4, -0.2) is 53.7 Å². The standard InChI is InChI=1S/C17H21FN4O2/c1-20-4-3-19-16(20)12-21(2)17(23)13-9-14(18)11-15(10-13)22-5-7-24-8-6-22/h3-4,9-11H,5-8,12H2,1-2H3.